The first-order chi connectivity index (χ1) is 27.2. The lowest BCUT2D eigenvalue weighted by Gasteiger charge is -2.16. The molecule has 254 valence electrons. The molecular formula is C50H29N5. The number of rotatable bonds is 4. The molecule has 0 aliphatic rings. The standard InChI is InChI=1S/C50H29N5/c1-51-34-26-28-47-41(31-34)39-18-6-10-23-46(39)54(47)48-27-25-33(30-42(48)52-2)32-13-11-14-35(29-32)53-43-20-7-5-17-38(43)40-19-12-24-49(50(40)53)55-44-21-8-3-15-36(44)37-16-4-9-22-45(37)55/h3-31H. The smallest absolute Gasteiger partial charge is 0.211 e. The lowest BCUT2D eigenvalue weighted by Crippen LogP contribution is -2.00. The molecule has 11 rings (SSSR count). The van der Waals surface area contributed by atoms with Gasteiger partial charge in [0.2, 0.25) is 5.69 Å². The van der Waals surface area contributed by atoms with Crippen LogP contribution in [0.15, 0.2) is 176 Å². The van der Waals surface area contributed by atoms with Crippen molar-refractivity contribution < 1.29 is 0 Å². The summed E-state index contributed by atoms with van der Waals surface area (Å²) in [6.07, 6.45) is 0. The molecule has 0 bridgehead atoms. The first-order valence-electron chi connectivity index (χ1n) is 18.3. The SMILES string of the molecule is [C-]#[N+]c1ccc2c(c1)c1ccccc1n2-c1ccc(-c2cccc(-n3c4ccccc4c4cccc(-n5c6ccccc6c6ccccc65)c43)c2)cc1[N+]#[C-]. The van der Waals surface area contributed by atoms with Crippen molar-refractivity contribution in [1.82, 2.24) is 13.7 Å². The summed E-state index contributed by atoms with van der Waals surface area (Å²) < 4.78 is 6.96. The molecule has 3 heterocycles. The molecule has 0 spiro atoms. The van der Waals surface area contributed by atoms with Crippen LogP contribution in [0.3, 0.4) is 0 Å². The summed E-state index contributed by atoms with van der Waals surface area (Å²) in [7, 11) is 0. The molecule has 8 aromatic carbocycles. The zero-order valence-electron chi connectivity index (χ0n) is 29.5. The van der Waals surface area contributed by atoms with Gasteiger partial charge in [0.05, 0.1) is 57.6 Å². The van der Waals surface area contributed by atoms with Crippen molar-refractivity contribution in [1.29, 1.82) is 0 Å². The van der Waals surface area contributed by atoms with Crippen LogP contribution in [0.1, 0.15) is 0 Å². The number of para-hydroxylation sites is 5. The van der Waals surface area contributed by atoms with Crippen molar-refractivity contribution in [2.24, 2.45) is 0 Å². The highest BCUT2D eigenvalue weighted by Gasteiger charge is 2.21. The topological polar surface area (TPSA) is 23.5 Å². The van der Waals surface area contributed by atoms with E-state index in [2.05, 4.69) is 163 Å². The van der Waals surface area contributed by atoms with Gasteiger partial charge >= 0.3 is 0 Å². The molecule has 11 aromatic rings. The summed E-state index contributed by atoms with van der Waals surface area (Å²) >= 11 is 0. The lowest BCUT2D eigenvalue weighted by molar-refractivity contribution is 1.13. The van der Waals surface area contributed by atoms with Crippen LogP contribution in [0, 0.1) is 13.1 Å². The predicted molar refractivity (Wildman–Crippen MR) is 227 cm³/mol. The highest BCUT2D eigenvalue weighted by Crippen LogP contribution is 2.42. The Balaban J connectivity index is 1.12. The van der Waals surface area contributed by atoms with Gasteiger partial charge in [-0.05, 0) is 83.2 Å². The molecule has 0 amide bonds. The Labute approximate surface area is 316 Å². The van der Waals surface area contributed by atoms with E-state index >= 15 is 0 Å². The Morgan fingerprint density at radius 2 is 0.873 bits per heavy atom. The lowest BCUT2D eigenvalue weighted by atomic mass is 10.0. The Kier molecular flexibility index (Phi) is 6.61. The van der Waals surface area contributed by atoms with Crippen LogP contribution in [0.25, 0.3) is 103 Å². The van der Waals surface area contributed by atoms with Crippen LogP contribution >= 0.6 is 0 Å². The predicted octanol–water partition coefficient (Wildman–Crippen LogP) is 13.7. The first kappa shape index (κ1) is 30.7. The molecule has 0 saturated heterocycles. The fourth-order valence-corrected chi connectivity index (χ4v) is 8.73. The van der Waals surface area contributed by atoms with E-state index in [0.29, 0.717) is 11.4 Å². The maximum Gasteiger partial charge on any atom is 0.211 e. The molecule has 0 aliphatic carbocycles. The minimum absolute atomic E-state index is 0.560. The summed E-state index contributed by atoms with van der Waals surface area (Å²) in [5.74, 6) is 0. The van der Waals surface area contributed by atoms with Crippen molar-refractivity contribution >= 4 is 76.8 Å². The van der Waals surface area contributed by atoms with E-state index in [4.69, 9.17) is 13.1 Å². The fourth-order valence-electron chi connectivity index (χ4n) is 8.73. The molecule has 0 saturated carbocycles. The molecule has 5 heteroatoms. The van der Waals surface area contributed by atoms with E-state index in [-0.39, 0.29) is 0 Å². The van der Waals surface area contributed by atoms with Gasteiger partial charge in [0.25, 0.3) is 0 Å². The van der Waals surface area contributed by atoms with Gasteiger partial charge in [-0.2, -0.15) is 0 Å². The Bertz CT molecular complexity index is 3420. The van der Waals surface area contributed by atoms with Crippen LogP contribution < -0.4 is 0 Å². The summed E-state index contributed by atoms with van der Waals surface area (Å²) in [5, 5.41) is 6.90. The Morgan fingerprint density at radius 3 is 1.53 bits per heavy atom. The number of hydrogen-bond acceptors (Lipinski definition) is 0. The van der Waals surface area contributed by atoms with Gasteiger partial charge < -0.3 is 13.7 Å². The normalized spacial score (nSPS) is 11.6. The third kappa shape index (κ3) is 4.45. The van der Waals surface area contributed by atoms with Gasteiger partial charge in [0.15, 0.2) is 5.69 Å². The maximum atomic E-state index is 8.33. The third-order valence-corrected chi connectivity index (χ3v) is 11.1. The quantitative estimate of drug-likeness (QED) is 0.163. The zero-order chi connectivity index (χ0) is 36.6. The number of fused-ring (bicyclic) bond motifs is 9. The highest BCUT2D eigenvalue weighted by molar-refractivity contribution is 6.15. The summed E-state index contributed by atoms with van der Waals surface area (Å²) in [4.78, 5) is 7.75. The summed E-state index contributed by atoms with van der Waals surface area (Å²) in [5.41, 5.74) is 12.7. The zero-order valence-corrected chi connectivity index (χ0v) is 29.5. The van der Waals surface area contributed by atoms with Crippen molar-refractivity contribution in [2.75, 3.05) is 0 Å². The second kappa shape index (κ2) is 11.8. The van der Waals surface area contributed by atoms with Crippen LogP contribution in [-0.4, -0.2) is 13.7 Å². The molecule has 0 unspecified atom stereocenters. The van der Waals surface area contributed by atoms with Gasteiger partial charge in [-0.3, -0.25) is 0 Å². The molecule has 0 atom stereocenters. The minimum atomic E-state index is 0.560. The largest absolute Gasteiger partial charge is 0.319 e. The molecule has 0 aliphatic heterocycles. The van der Waals surface area contributed by atoms with Crippen LogP contribution in [0.2, 0.25) is 0 Å². The van der Waals surface area contributed by atoms with E-state index in [9.17, 15) is 0 Å². The fraction of sp³-hybridized carbons (Fsp3) is 0. The van der Waals surface area contributed by atoms with Crippen LogP contribution in [0.4, 0.5) is 11.4 Å². The number of nitrogens with zero attached hydrogens (tertiary/aromatic N) is 5. The Hall–Kier alpha value is -7.86. The van der Waals surface area contributed by atoms with Crippen molar-refractivity contribution in [2.45, 2.75) is 0 Å². The van der Waals surface area contributed by atoms with Gasteiger partial charge in [0, 0.05) is 32.6 Å². The highest BCUT2D eigenvalue weighted by atomic mass is 15.1. The van der Waals surface area contributed by atoms with E-state index < -0.39 is 0 Å². The average molecular weight is 700 g/mol. The second-order valence-corrected chi connectivity index (χ2v) is 13.9. The van der Waals surface area contributed by atoms with Gasteiger partial charge in [-0.1, -0.05) is 109 Å². The Morgan fingerprint density at radius 1 is 0.345 bits per heavy atom. The van der Waals surface area contributed by atoms with Gasteiger partial charge in [0.1, 0.15) is 0 Å². The minimum Gasteiger partial charge on any atom is -0.319 e. The number of aromatic nitrogens is 3. The van der Waals surface area contributed by atoms with Crippen LogP contribution in [-0.2, 0) is 0 Å². The summed E-state index contributed by atoms with van der Waals surface area (Å²) in [6.45, 7) is 15.9. The molecular weight excluding hydrogens is 671 g/mol. The number of hydrogen-bond donors (Lipinski definition) is 0. The van der Waals surface area contributed by atoms with E-state index in [0.717, 1.165) is 61.0 Å². The molecule has 5 nitrogen and oxygen atoms in total. The van der Waals surface area contributed by atoms with E-state index in [1.54, 1.807) is 0 Å². The van der Waals surface area contributed by atoms with Crippen LogP contribution in [0.5, 0.6) is 0 Å². The van der Waals surface area contributed by atoms with E-state index in [1.165, 1.54) is 32.6 Å². The van der Waals surface area contributed by atoms with Crippen molar-refractivity contribution in [3.8, 4) is 28.2 Å². The van der Waals surface area contributed by atoms with E-state index in [1.807, 2.05) is 36.4 Å². The molecule has 3 aromatic heterocycles. The molecule has 0 N–H and O–H groups in total. The van der Waals surface area contributed by atoms with Gasteiger partial charge in [-0.15, -0.1) is 0 Å². The van der Waals surface area contributed by atoms with Crippen molar-refractivity contribution in [3.63, 3.8) is 0 Å². The molecule has 0 radical (unpaired) electrons. The first-order valence-corrected chi connectivity index (χ1v) is 18.3. The third-order valence-electron chi connectivity index (χ3n) is 11.1. The summed E-state index contributed by atoms with van der Waals surface area (Å²) in [6, 6.07) is 61.4. The second-order valence-electron chi connectivity index (χ2n) is 13.9. The molecule has 0 fully saturated rings. The van der Waals surface area contributed by atoms with Gasteiger partial charge in [-0.25, -0.2) is 9.69 Å². The molecule has 55 heavy (non-hydrogen) atoms. The average Bonchev–Trinajstić information content (AvgIpc) is 3.89. The van der Waals surface area contributed by atoms with Crippen molar-refractivity contribution in [3.05, 3.63) is 199 Å². The number of benzene rings is 8. The maximum absolute atomic E-state index is 8.33. The monoisotopic (exact) mass is 699 g/mol.